The maximum atomic E-state index is 12.6. The van der Waals surface area contributed by atoms with Gasteiger partial charge in [-0.25, -0.2) is 0 Å². The van der Waals surface area contributed by atoms with Crippen molar-refractivity contribution in [3.63, 3.8) is 0 Å². The normalized spacial score (nSPS) is 12.2. The van der Waals surface area contributed by atoms with Gasteiger partial charge in [-0.2, -0.15) is 0 Å². The summed E-state index contributed by atoms with van der Waals surface area (Å²) in [5.74, 6) is 1.12. The molecule has 2 aromatic rings. The van der Waals surface area contributed by atoms with E-state index in [1.54, 1.807) is 4.90 Å². The zero-order valence-electron chi connectivity index (χ0n) is 16.3. The van der Waals surface area contributed by atoms with Gasteiger partial charge in [0.05, 0.1) is 6.61 Å². The van der Waals surface area contributed by atoms with E-state index in [4.69, 9.17) is 32.7 Å². The molecule has 0 N–H and O–H groups in total. The van der Waals surface area contributed by atoms with Gasteiger partial charge in [0.25, 0.3) is 5.91 Å². The molecule has 0 saturated carbocycles. The van der Waals surface area contributed by atoms with E-state index < -0.39 is 4.84 Å². The van der Waals surface area contributed by atoms with Gasteiger partial charge in [-0.1, -0.05) is 53.5 Å². The number of para-hydroxylation sites is 1. The van der Waals surface area contributed by atoms with Crippen molar-refractivity contribution in [3.05, 3.63) is 60.2 Å². The van der Waals surface area contributed by atoms with Crippen molar-refractivity contribution in [2.24, 2.45) is 0 Å². The quantitative estimate of drug-likeness (QED) is 0.314. The highest BCUT2D eigenvalue weighted by Gasteiger charge is 2.30. The third-order valence-corrected chi connectivity index (χ3v) is 4.47. The summed E-state index contributed by atoms with van der Waals surface area (Å²) in [6, 6.07) is 17.2. The summed E-state index contributed by atoms with van der Waals surface area (Å²) in [5.41, 5.74) is 0.921. The van der Waals surface area contributed by atoms with Crippen LogP contribution in [0.25, 0.3) is 0 Å². The number of carbonyl (C=O) groups is 1. The molecule has 5 nitrogen and oxygen atoms in total. The number of carbonyl (C=O) groups excluding carboxylic acids is 1. The van der Waals surface area contributed by atoms with Crippen LogP contribution in [0.3, 0.4) is 0 Å². The molecule has 1 amide bonds. The topological polar surface area (TPSA) is 42.0 Å². The predicted octanol–water partition coefficient (Wildman–Crippen LogP) is 4.71. The molecule has 0 heterocycles. The SMILES string of the molecule is CCOCCN(C(=O)C(Cl)Cl)C(c1ccc(Oc2ccccc2)cc1)N(C)C. The van der Waals surface area contributed by atoms with E-state index in [2.05, 4.69) is 0 Å². The number of hydrogen-bond donors (Lipinski definition) is 0. The number of amides is 1. The van der Waals surface area contributed by atoms with Gasteiger partial charge in [-0.3, -0.25) is 9.69 Å². The Kier molecular flexibility index (Phi) is 9.06. The third-order valence-electron chi connectivity index (χ3n) is 4.09. The Bertz CT molecular complexity index is 724. The molecule has 0 bridgehead atoms. The molecule has 152 valence electrons. The predicted molar refractivity (Wildman–Crippen MR) is 113 cm³/mol. The van der Waals surface area contributed by atoms with Crippen molar-refractivity contribution in [2.75, 3.05) is 33.9 Å². The molecule has 1 unspecified atom stereocenters. The van der Waals surface area contributed by atoms with Crippen molar-refractivity contribution < 1.29 is 14.3 Å². The van der Waals surface area contributed by atoms with E-state index >= 15 is 0 Å². The summed E-state index contributed by atoms with van der Waals surface area (Å²) in [5, 5.41) is 0. The van der Waals surface area contributed by atoms with Crippen LogP contribution in [-0.2, 0) is 9.53 Å². The van der Waals surface area contributed by atoms with Crippen LogP contribution in [-0.4, -0.2) is 54.4 Å². The van der Waals surface area contributed by atoms with Gasteiger partial charge in [-0.15, -0.1) is 0 Å². The van der Waals surface area contributed by atoms with Crippen LogP contribution < -0.4 is 4.74 Å². The molecule has 0 aliphatic rings. The van der Waals surface area contributed by atoms with Gasteiger partial charge in [0.1, 0.15) is 17.7 Å². The Morgan fingerprint density at radius 1 is 1.00 bits per heavy atom. The molecule has 0 spiro atoms. The Morgan fingerprint density at radius 3 is 2.14 bits per heavy atom. The maximum absolute atomic E-state index is 12.6. The lowest BCUT2D eigenvalue weighted by molar-refractivity contribution is -0.136. The molecular weight excluding hydrogens is 399 g/mol. The third kappa shape index (κ3) is 6.38. The van der Waals surface area contributed by atoms with E-state index in [1.165, 1.54) is 0 Å². The fraction of sp³-hybridized carbons (Fsp3) is 0.381. The van der Waals surface area contributed by atoms with Crippen molar-refractivity contribution in [1.82, 2.24) is 9.80 Å². The molecule has 1 atom stereocenters. The second kappa shape index (κ2) is 11.3. The lowest BCUT2D eigenvalue weighted by atomic mass is 10.1. The number of hydrogen-bond acceptors (Lipinski definition) is 4. The molecule has 2 aromatic carbocycles. The van der Waals surface area contributed by atoms with Gasteiger partial charge in [0, 0.05) is 13.2 Å². The average Bonchev–Trinajstić information content (AvgIpc) is 2.68. The van der Waals surface area contributed by atoms with Crippen LogP contribution in [0.5, 0.6) is 11.5 Å². The first-order chi connectivity index (χ1) is 13.4. The monoisotopic (exact) mass is 424 g/mol. The van der Waals surface area contributed by atoms with E-state index in [1.807, 2.05) is 80.5 Å². The van der Waals surface area contributed by atoms with E-state index in [9.17, 15) is 4.79 Å². The summed E-state index contributed by atoms with van der Waals surface area (Å²) < 4.78 is 11.3. The molecule has 7 heteroatoms. The summed E-state index contributed by atoms with van der Waals surface area (Å²) >= 11 is 11.8. The fourth-order valence-electron chi connectivity index (χ4n) is 2.88. The highest BCUT2D eigenvalue weighted by atomic mass is 35.5. The number of rotatable bonds is 10. The van der Waals surface area contributed by atoms with Gasteiger partial charge in [-0.05, 0) is 50.8 Å². The highest BCUT2D eigenvalue weighted by molar-refractivity contribution is 6.53. The lowest BCUT2D eigenvalue weighted by Gasteiger charge is -2.36. The van der Waals surface area contributed by atoms with Crippen LogP contribution in [0, 0.1) is 0 Å². The summed E-state index contributed by atoms with van der Waals surface area (Å²) in [4.78, 5) is 15.1. The first-order valence-electron chi connectivity index (χ1n) is 9.09. The second-order valence-electron chi connectivity index (χ2n) is 6.35. The molecule has 0 aromatic heterocycles. The van der Waals surface area contributed by atoms with Crippen LogP contribution in [0.15, 0.2) is 54.6 Å². The smallest absolute Gasteiger partial charge is 0.257 e. The fourth-order valence-corrected chi connectivity index (χ4v) is 3.13. The standard InChI is InChI=1S/C21H26Cl2N2O3/c1-4-27-15-14-25(21(26)19(22)23)20(24(2)3)16-10-12-18(13-11-16)28-17-8-6-5-7-9-17/h5-13,19-20H,4,14-15H2,1-3H3. The minimum atomic E-state index is -1.13. The van der Waals surface area contributed by atoms with E-state index in [0.717, 1.165) is 11.3 Å². The first-order valence-corrected chi connectivity index (χ1v) is 9.97. The van der Waals surface area contributed by atoms with Gasteiger partial charge in [0.2, 0.25) is 0 Å². The molecule has 28 heavy (non-hydrogen) atoms. The number of alkyl halides is 2. The van der Waals surface area contributed by atoms with Crippen LogP contribution >= 0.6 is 23.2 Å². The number of halogens is 2. The molecule has 0 saturated heterocycles. The molecule has 2 rings (SSSR count). The van der Waals surface area contributed by atoms with Crippen molar-refractivity contribution >= 4 is 29.1 Å². The second-order valence-corrected chi connectivity index (χ2v) is 7.45. The molecule has 0 radical (unpaired) electrons. The Hall–Kier alpha value is -1.79. The zero-order valence-corrected chi connectivity index (χ0v) is 17.9. The average molecular weight is 425 g/mol. The van der Waals surface area contributed by atoms with E-state index in [0.29, 0.717) is 25.5 Å². The van der Waals surface area contributed by atoms with Crippen molar-refractivity contribution in [1.29, 1.82) is 0 Å². The van der Waals surface area contributed by atoms with Crippen LogP contribution in [0.4, 0.5) is 0 Å². The Labute approximate surface area is 176 Å². The first kappa shape index (κ1) is 22.5. The zero-order chi connectivity index (χ0) is 20.5. The van der Waals surface area contributed by atoms with Crippen LogP contribution in [0.1, 0.15) is 18.7 Å². The van der Waals surface area contributed by atoms with Gasteiger partial charge >= 0.3 is 0 Å². The Balaban J connectivity index is 2.23. The van der Waals surface area contributed by atoms with Gasteiger partial charge in [0.15, 0.2) is 4.84 Å². The van der Waals surface area contributed by atoms with Crippen molar-refractivity contribution in [2.45, 2.75) is 17.9 Å². The molecular formula is C21H26Cl2N2O3. The minimum absolute atomic E-state index is 0.335. The van der Waals surface area contributed by atoms with E-state index in [-0.39, 0.29) is 12.1 Å². The highest BCUT2D eigenvalue weighted by Crippen LogP contribution is 2.28. The number of nitrogens with zero attached hydrogens (tertiary/aromatic N) is 2. The largest absolute Gasteiger partial charge is 0.457 e. The maximum Gasteiger partial charge on any atom is 0.257 e. The summed E-state index contributed by atoms with van der Waals surface area (Å²) in [6.45, 7) is 3.27. The summed E-state index contributed by atoms with van der Waals surface area (Å²) in [7, 11) is 3.80. The molecule has 0 aliphatic carbocycles. The van der Waals surface area contributed by atoms with Crippen LogP contribution in [0.2, 0.25) is 0 Å². The number of benzene rings is 2. The summed E-state index contributed by atoms with van der Waals surface area (Å²) in [6.07, 6.45) is -0.335. The van der Waals surface area contributed by atoms with Crippen molar-refractivity contribution in [3.8, 4) is 11.5 Å². The Morgan fingerprint density at radius 2 is 1.61 bits per heavy atom. The van der Waals surface area contributed by atoms with Gasteiger partial charge < -0.3 is 14.4 Å². The molecule has 0 fully saturated rings. The lowest BCUT2D eigenvalue weighted by Crippen LogP contribution is -2.45. The number of ether oxygens (including phenoxy) is 2. The minimum Gasteiger partial charge on any atom is -0.457 e. The molecule has 0 aliphatic heterocycles.